The van der Waals surface area contributed by atoms with Crippen molar-refractivity contribution in [3.05, 3.63) is 11.9 Å². The van der Waals surface area contributed by atoms with Gasteiger partial charge in [0.2, 0.25) is 5.95 Å². The molecule has 0 radical (unpaired) electrons. The zero-order chi connectivity index (χ0) is 14.1. The molecule has 2 heterocycles. The molecule has 2 atom stereocenters. The first kappa shape index (κ1) is 13.9. The number of aryl methyl sites for hydroxylation is 1. The SMILES string of the molecule is Cc1cn(C2CCCC2)c(N2CCOC(C(C)N)C2)n1. The lowest BCUT2D eigenvalue weighted by Crippen LogP contribution is -2.50. The van der Waals surface area contributed by atoms with Crippen LogP contribution in [0.4, 0.5) is 5.95 Å². The van der Waals surface area contributed by atoms with Crippen LogP contribution in [0.25, 0.3) is 0 Å². The van der Waals surface area contributed by atoms with Gasteiger partial charge in [0.15, 0.2) is 0 Å². The van der Waals surface area contributed by atoms with Gasteiger partial charge in [0, 0.05) is 31.4 Å². The highest BCUT2D eigenvalue weighted by Crippen LogP contribution is 2.33. The highest BCUT2D eigenvalue weighted by Gasteiger charge is 2.28. The molecule has 0 spiro atoms. The summed E-state index contributed by atoms with van der Waals surface area (Å²) in [6, 6.07) is 0.691. The van der Waals surface area contributed by atoms with Gasteiger partial charge in [-0.15, -0.1) is 0 Å². The van der Waals surface area contributed by atoms with E-state index >= 15 is 0 Å². The average molecular weight is 278 g/mol. The van der Waals surface area contributed by atoms with Crippen LogP contribution in [0, 0.1) is 6.92 Å². The summed E-state index contributed by atoms with van der Waals surface area (Å²) >= 11 is 0. The lowest BCUT2D eigenvalue weighted by atomic mass is 10.1. The summed E-state index contributed by atoms with van der Waals surface area (Å²) in [6.45, 7) is 6.59. The van der Waals surface area contributed by atoms with E-state index in [1.54, 1.807) is 0 Å². The molecule has 2 unspecified atom stereocenters. The van der Waals surface area contributed by atoms with Crippen molar-refractivity contribution in [1.82, 2.24) is 9.55 Å². The van der Waals surface area contributed by atoms with Gasteiger partial charge in [0.1, 0.15) is 0 Å². The van der Waals surface area contributed by atoms with E-state index in [1.165, 1.54) is 25.7 Å². The Labute approximate surface area is 121 Å². The van der Waals surface area contributed by atoms with Crippen LogP contribution >= 0.6 is 0 Å². The molecule has 1 aromatic rings. The second kappa shape index (κ2) is 5.74. The smallest absolute Gasteiger partial charge is 0.206 e. The third-order valence-corrected chi connectivity index (χ3v) is 4.51. The Morgan fingerprint density at radius 1 is 1.40 bits per heavy atom. The summed E-state index contributed by atoms with van der Waals surface area (Å²) in [5.74, 6) is 1.11. The number of anilines is 1. The fourth-order valence-electron chi connectivity index (χ4n) is 3.36. The van der Waals surface area contributed by atoms with Crippen molar-refractivity contribution in [1.29, 1.82) is 0 Å². The predicted octanol–water partition coefficient (Wildman–Crippen LogP) is 1.86. The number of hydrogen-bond donors (Lipinski definition) is 1. The van der Waals surface area contributed by atoms with Crippen LogP contribution in [0.1, 0.15) is 44.3 Å². The van der Waals surface area contributed by atoms with E-state index in [2.05, 4.69) is 22.6 Å². The Kier molecular flexibility index (Phi) is 3.98. The summed E-state index contributed by atoms with van der Waals surface area (Å²) in [7, 11) is 0. The van der Waals surface area contributed by atoms with E-state index < -0.39 is 0 Å². The first-order chi connectivity index (χ1) is 9.65. The van der Waals surface area contributed by atoms with Gasteiger partial charge in [0.25, 0.3) is 0 Å². The van der Waals surface area contributed by atoms with E-state index in [1.807, 2.05) is 6.92 Å². The molecule has 5 nitrogen and oxygen atoms in total. The summed E-state index contributed by atoms with van der Waals surface area (Å²) < 4.78 is 8.15. The maximum Gasteiger partial charge on any atom is 0.206 e. The molecule has 112 valence electrons. The number of morpholine rings is 1. The van der Waals surface area contributed by atoms with Gasteiger partial charge in [-0.05, 0) is 26.7 Å². The molecule has 1 saturated carbocycles. The van der Waals surface area contributed by atoms with Crippen LogP contribution in [0.5, 0.6) is 0 Å². The second-order valence-electron chi connectivity index (χ2n) is 6.24. The molecule has 20 heavy (non-hydrogen) atoms. The lowest BCUT2D eigenvalue weighted by Gasteiger charge is -2.36. The Bertz CT molecular complexity index is 451. The maximum atomic E-state index is 5.99. The minimum atomic E-state index is 0.0637. The number of rotatable bonds is 3. The minimum Gasteiger partial charge on any atom is -0.373 e. The predicted molar refractivity (Wildman–Crippen MR) is 80.1 cm³/mol. The summed E-state index contributed by atoms with van der Waals surface area (Å²) in [5.41, 5.74) is 7.10. The molecule has 1 aliphatic carbocycles. The molecule has 2 N–H and O–H groups in total. The quantitative estimate of drug-likeness (QED) is 0.917. The third kappa shape index (κ3) is 2.69. The Morgan fingerprint density at radius 2 is 2.15 bits per heavy atom. The van der Waals surface area contributed by atoms with Crippen LogP contribution in [0.3, 0.4) is 0 Å². The van der Waals surface area contributed by atoms with Crippen molar-refractivity contribution in [2.45, 2.75) is 57.7 Å². The fourth-order valence-corrected chi connectivity index (χ4v) is 3.36. The van der Waals surface area contributed by atoms with Crippen LogP contribution in [-0.4, -0.2) is 41.4 Å². The standard InChI is InChI=1S/C15H26N4O/c1-11-9-19(13-5-3-4-6-13)15(17-11)18-7-8-20-14(10-18)12(2)16/h9,12-14H,3-8,10,16H2,1-2H3. The molecule has 1 saturated heterocycles. The highest BCUT2D eigenvalue weighted by atomic mass is 16.5. The Balaban J connectivity index is 1.82. The van der Waals surface area contributed by atoms with Gasteiger partial charge < -0.3 is 19.9 Å². The molecule has 1 aliphatic heterocycles. The van der Waals surface area contributed by atoms with Crippen molar-refractivity contribution in [2.24, 2.45) is 5.73 Å². The first-order valence-electron chi connectivity index (χ1n) is 7.83. The number of nitrogens with zero attached hydrogens (tertiary/aromatic N) is 3. The number of nitrogens with two attached hydrogens (primary N) is 1. The van der Waals surface area contributed by atoms with E-state index in [9.17, 15) is 0 Å². The van der Waals surface area contributed by atoms with Crippen LogP contribution in [-0.2, 0) is 4.74 Å². The molecule has 2 aliphatic rings. The molecule has 1 aromatic heterocycles. The topological polar surface area (TPSA) is 56.3 Å². The molecule has 0 amide bonds. The molecule has 3 rings (SSSR count). The zero-order valence-electron chi connectivity index (χ0n) is 12.6. The van der Waals surface area contributed by atoms with Gasteiger partial charge >= 0.3 is 0 Å². The largest absolute Gasteiger partial charge is 0.373 e. The van der Waals surface area contributed by atoms with Crippen LogP contribution < -0.4 is 10.6 Å². The normalized spacial score (nSPS) is 26.1. The summed E-state index contributed by atoms with van der Waals surface area (Å²) in [6.07, 6.45) is 7.56. The van der Waals surface area contributed by atoms with Crippen LogP contribution in [0.15, 0.2) is 6.20 Å². The molecule has 0 aromatic carbocycles. The number of aromatic nitrogens is 2. The number of ether oxygens (including phenoxy) is 1. The monoisotopic (exact) mass is 278 g/mol. The number of imidazole rings is 1. The third-order valence-electron chi connectivity index (χ3n) is 4.51. The Morgan fingerprint density at radius 3 is 2.85 bits per heavy atom. The molecule has 5 heteroatoms. The average Bonchev–Trinajstić information content (AvgIpc) is 3.07. The summed E-state index contributed by atoms with van der Waals surface area (Å²) in [4.78, 5) is 7.12. The van der Waals surface area contributed by atoms with E-state index in [0.29, 0.717) is 6.04 Å². The van der Waals surface area contributed by atoms with E-state index in [-0.39, 0.29) is 12.1 Å². The highest BCUT2D eigenvalue weighted by molar-refractivity contribution is 5.35. The zero-order valence-corrected chi connectivity index (χ0v) is 12.6. The van der Waals surface area contributed by atoms with Gasteiger partial charge in [-0.3, -0.25) is 0 Å². The van der Waals surface area contributed by atoms with E-state index in [4.69, 9.17) is 15.5 Å². The van der Waals surface area contributed by atoms with Gasteiger partial charge in [-0.1, -0.05) is 12.8 Å². The number of hydrogen-bond acceptors (Lipinski definition) is 4. The van der Waals surface area contributed by atoms with Crippen molar-refractivity contribution in [2.75, 3.05) is 24.6 Å². The van der Waals surface area contributed by atoms with Crippen molar-refractivity contribution < 1.29 is 4.74 Å². The van der Waals surface area contributed by atoms with Gasteiger partial charge in [-0.25, -0.2) is 4.98 Å². The van der Waals surface area contributed by atoms with Crippen molar-refractivity contribution in [3.8, 4) is 0 Å². The van der Waals surface area contributed by atoms with Crippen LogP contribution in [0.2, 0.25) is 0 Å². The maximum absolute atomic E-state index is 5.99. The first-order valence-corrected chi connectivity index (χ1v) is 7.83. The van der Waals surface area contributed by atoms with Crippen molar-refractivity contribution >= 4 is 5.95 Å². The Hall–Kier alpha value is -1.07. The van der Waals surface area contributed by atoms with Crippen molar-refractivity contribution in [3.63, 3.8) is 0 Å². The second-order valence-corrected chi connectivity index (χ2v) is 6.24. The summed E-state index contributed by atoms with van der Waals surface area (Å²) in [5, 5.41) is 0. The fraction of sp³-hybridized carbons (Fsp3) is 0.800. The lowest BCUT2D eigenvalue weighted by molar-refractivity contribution is 0.0268. The molecular formula is C15H26N4O. The molecular weight excluding hydrogens is 252 g/mol. The minimum absolute atomic E-state index is 0.0637. The van der Waals surface area contributed by atoms with E-state index in [0.717, 1.165) is 31.3 Å². The van der Waals surface area contributed by atoms with Gasteiger partial charge in [0.05, 0.1) is 18.4 Å². The molecule has 0 bridgehead atoms. The molecule has 2 fully saturated rings. The van der Waals surface area contributed by atoms with Gasteiger partial charge in [-0.2, -0.15) is 0 Å².